The van der Waals surface area contributed by atoms with E-state index in [9.17, 15) is 9.59 Å². The molecule has 1 heterocycles. The fraction of sp³-hybridized carbons (Fsp3) is 0.190. The molecule has 0 radical (unpaired) electrons. The Morgan fingerprint density at radius 1 is 1.21 bits per heavy atom. The van der Waals surface area contributed by atoms with Crippen LogP contribution < -0.4 is 14.9 Å². The second kappa shape index (κ2) is 9.58. The molecule has 0 aromatic heterocycles. The highest BCUT2D eigenvalue weighted by molar-refractivity contribution is 8.26. The number of ether oxygens (including phenoxy) is 2. The van der Waals surface area contributed by atoms with Crippen molar-refractivity contribution in [2.45, 2.75) is 13.3 Å². The molecule has 0 aliphatic carbocycles. The summed E-state index contributed by atoms with van der Waals surface area (Å²) in [6.45, 7) is 2.62. The molecule has 0 spiro atoms. The molecule has 2 aromatic rings. The highest BCUT2D eigenvalue weighted by atomic mass is 32.2. The van der Waals surface area contributed by atoms with E-state index in [1.807, 2.05) is 19.1 Å². The molecular formula is C21H20N2O4S2. The maximum Gasteiger partial charge on any atom is 0.285 e. The van der Waals surface area contributed by atoms with Crippen molar-refractivity contribution in [2.24, 2.45) is 0 Å². The van der Waals surface area contributed by atoms with Gasteiger partial charge >= 0.3 is 0 Å². The monoisotopic (exact) mass is 428 g/mol. The first-order valence-corrected chi connectivity index (χ1v) is 10.2. The summed E-state index contributed by atoms with van der Waals surface area (Å²) in [6.07, 6.45) is 2.60. The minimum Gasteiger partial charge on any atom is -0.493 e. The number of hydrogen-bond donors (Lipinski definition) is 1. The highest BCUT2D eigenvalue weighted by Gasteiger charge is 2.33. The summed E-state index contributed by atoms with van der Waals surface area (Å²) in [6, 6.07) is 14.1. The second-order valence-electron chi connectivity index (χ2n) is 6.08. The normalized spacial score (nSPS) is 15.0. The number of hydrogen-bond acceptors (Lipinski definition) is 6. The van der Waals surface area contributed by atoms with Gasteiger partial charge in [0.25, 0.3) is 11.8 Å². The van der Waals surface area contributed by atoms with Gasteiger partial charge in [0.05, 0.1) is 18.6 Å². The Kier molecular flexibility index (Phi) is 6.90. The Bertz CT molecular complexity index is 960. The third-order valence-corrected chi connectivity index (χ3v) is 5.29. The zero-order valence-electron chi connectivity index (χ0n) is 16.0. The number of thiocarbonyl (C=S) groups is 1. The molecule has 0 unspecified atom stereocenters. The van der Waals surface area contributed by atoms with E-state index in [1.165, 1.54) is 0 Å². The zero-order chi connectivity index (χ0) is 20.8. The lowest BCUT2D eigenvalue weighted by Gasteiger charge is -2.15. The van der Waals surface area contributed by atoms with Crippen LogP contribution in [0.4, 0.5) is 0 Å². The van der Waals surface area contributed by atoms with Crippen molar-refractivity contribution in [1.29, 1.82) is 0 Å². The summed E-state index contributed by atoms with van der Waals surface area (Å²) in [7, 11) is 1.57. The van der Waals surface area contributed by atoms with Crippen LogP contribution in [0.3, 0.4) is 0 Å². The van der Waals surface area contributed by atoms with Crippen molar-refractivity contribution < 1.29 is 19.1 Å². The summed E-state index contributed by atoms with van der Waals surface area (Å²) in [5.41, 5.74) is 3.77. The molecule has 0 bridgehead atoms. The van der Waals surface area contributed by atoms with Crippen molar-refractivity contribution >= 4 is 46.2 Å². The summed E-state index contributed by atoms with van der Waals surface area (Å²) >= 11 is 6.39. The third kappa shape index (κ3) is 4.96. The van der Waals surface area contributed by atoms with Crippen LogP contribution in [-0.4, -0.2) is 34.9 Å². The zero-order valence-corrected chi connectivity index (χ0v) is 17.6. The standard InChI is InChI=1S/C21H20N2O4S2/c1-3-11-27-16-10-9-14(12-17(16)26-2)13-18-20(25)23(21(28)29-18)22-19(24)15-7-5-4-6-8-15/h4-10,12-13H,3,11H2,1-2H3,(H,22,24)/b18-13-. The number of hydrazine groups is 1. The summed E-state index contributed by atoms with van der Waals surface area (Å²) < 4.78 is 11.3. The van der Waals surface area contributed by atoms with Crippen molar-refractivity contribution in [3.05, 3.63) is 64.6 Å². The van der Waals surface area contributed by atoms with E-state index < -0.39 is 5.91 Å². The van der Waals surface area contributed by atoms with E-state index in [0.29, 0.717) is 28.6 Å². The molecule has 1 aliphatic rings. The molecule has 8 heteroatoms. The van der Waals surface area contributed by atoms with E-state index in [-0.39, 0.29) is 10.2 Å². The van der Waals surface area contributed by atoms with Gasteiger partial charge in [-0.05, 0) is 54.5 Å². The first-order valence-electron chi connectivity index (χ1n) is 8.98. The quantitative estimate of drug-likeness (QED) is 0.531. The van der Waals surface area contributed by atoms with Crippen LogP contribution in [0.25, 0.3) is 6.08 Å². The average Bonchev–Trinajstić information content (AvgIpc) is 3.00. The number of carbonyl (C=O) groups excluding carboxylic acids is 2. The molecular weight excluding hydrogens is 408 g/mol. The Morgan fingerprint density at radius 3 is 2.66 bits per heavy atom. The first-order chi connectivity index (χ1) is 14.0. The number of nitrogens with one attached hydrogen (secondary N) is 1. The molecule has 1 N–H and O–H groups in total. The summed E-state index contributed by atoms with van der Waals surface area (Å²) in [4.78, 5) is 25.5. The minimum atomic E-state index is -0.401. The van der Waals surface area contributed by atoms with Gasteiger partial charge in [0.1, 0.15) is 0 Å². The molecule has 3 rings (SSSR count). The molecule has 1 saturated heterocycles. The average molecular weight is 429 g/mol. The molecule has 1 aliphatic heterocycles. The Balaban J connectivity index is 1.76. The van der Waals surface area contributed by atoms with Crippen LogP contribution in [0.1, 0.15) is 29.3 Å². The fourth-order valence-corrected chi connectivity index (χ4v) is 3.76. The third-order valence-electron chi connectivity index (χ3n) is 3.99. The van der Waals surface area contributed by atoms with Crippen LogP contribution in [0.2, 0.25) is 0 Å². The lowest BCUT2D eigenvalue weighted by molar-refractivity contribution is -0.123. The van der Waals surface area contributed by atoms with Gasteiger partial charge in [-0.2, -0.15) is 5.01 Å². The number of amides is 2. The van der Waals surface area contributed by atoms with Crippen LogP contribution in [0, 0.1) is 0 Å². The molecule has 29 heavy (non-hydrogen) atoms. The van der Waals surface area contributed by atoms with E-state index in [0.717, 1.165) is 28.8 Å². The number of methoxy groups -OCH3 is 1. The number of thioether (sulfide) groups is 1. The molecule has 150 valence electrons. The van der Waals surface area contributed by atoms with Crippen LogP contribution in [0.15, 0.2) is 53.4 Å². The van der Waals surface area contributed by atoms with Crippen molar-refractivity contribution in [1.82, 2.24) is 10.4 Å². The van der Waals surface area contributed by atoms with Crippen LogP contribution >= 0.6 is 24.0 Å². The first kappa shape index (κ1) is 20.9. The van der Waals surface area contributed by atoms with Gasteiger partial charge in [0.2, 0.25) is 0 Å². The van der Waals surface area contributed by atoms with Gasteiger partial charge in [-0.15, -0.1) is 0 Å². The minimum absolute atomic E-state index is 0.264. The molecule has 6 nitrogen and oxygen atoms in total. The topological polar surface area (TPSA) is 67.9 Å². The molecule has 1 fully saturated rings. The van der Waals surface area contributed by atoms with Gasteiger partial charge in [-0.1, -0.05) is 43.0 Å². The Labute approximate surface area is 178 Å². The maximum absolute atomic E-state index is 12.7. The summed E-state index contributed by atoms with van der Waals surface area (Å²) in [5, 5.41) is 1.09. The lowest BCUT2D eigenvalue weighted by atomic mass is 10.2. The van der Waals surface area contributed by atoms with Gasteiger partial charge in [0, 0.05) is 5.56 Å². The predicted molar refractivity (Wildman–Crippen MR) is 118 cm³/mol. The maximum atomic E-state index is 12.7. The highest BCUT2D eigenvalue weighted by Crippen LogP contribution is 2.34. The molecule has 2 aromatic carbocycles. The van der Waals surface area contributed by atoms with E-state index >= 15 is 0 Å². The SMILES string of the molecule is CCCOc1ccc(/C=C2\SC(=S)N(NC(=O)c3ccccc3)C2=O)cc1OC. The van der Waals surface area contributed by atoms with Crippen molar-refractivity contribution in [2.75, 3.05) is 13.7 Å². The van der Waals surface area contributed by atoms with Crippen LogP contribution in [-0.2, 0) is 4.79 Å². The molecule has 2 amide bonds. The van der Waals surface area contributed by atoms with Gasteiger partial charge in [-0.3, -0.25) is 15.0 Å². The Hall–Kier alpha value is -2.84. The molecule has 0 saturated carbocycles. The number of nitrogens with zero attached hydrogens (tertiary/aromatic N) is 1. The van der Waals surface area contributed by atoms with E-state index in [4.69, 9.17) is 21.7 Å². The number of rotatable bonds is 7. The lowest BCUT2D eigenvalue weighted by Crippen LogP contribution is -2.44. The second-order valence-corrected chi connectivity index (χ2v) is 7.76. The largest absolute Gasteiger partial charge is 0.493 e. The van der Waals surface area contributed by atoms with Crippen molar-refractivity contribution in [3.63, 3.8) is 0 Å². The van der Waals surface area contributed by atoms with E-state index in [1.54, 1.807) is 49.6 Å². The predicted octanol–water partition coefficient (Wildman–Crippen LogP) is 4.03. The fourth-order valence-electron chi connectivity index (χ4n) is 2.58. The number of carbonyl (C=O) groups is 2. The van der Waals surface area contributed by atoms with E-state index in [2.05, 4.69) is 5.43 Å². The smallest absolute Gasteiger partial charge is 0.285 e. The molecule has 0 atom stereocenters. The van der Waals surface area contributed by atoms with Gasteiger partial charge < -0.3 is 9.47 Å². The summed E-state index contributed by atoms with van der Waals surface area (Å²) in [5.74, 6) is 0.450. The van der Waals surface area contributed by atoms with Gasteiger partial charge in [0.15, 0.2) is 15.8 Å². The Morgan fingerprint density at radius 2 is 1.97 bits per heavy atom. The number of benzene rings is 2. The van der Waals surface area contributed by atoms with Crippen LogP contribution in [0.5, 0.6) is 11.5 Å². The van der Waals surface area contributed by atoms with Gasteiger partial charge in [-0.25, -0.2) is 0 Å². The van der Waals surface area contributed by atoms with Crippen molar-refractivity contribution in [3.8, 4) is 11.5 Å².